The van der Waals surface area contributed by atoms with E-state index in [1.807, 2.05) is 24.3 Å². The van der Waals surface area contributed by atoms with Crippen LogP contribution in [0.15, 0.2) is 52.1 Å². The van der Waals surface area contributed by atoms with Crippen LogP contribution < -0.4 is 10.1 Å². The van der Waals surface area contributed by atoms with Gasteiger partial charge in [-0.05, 0) is 49.6 Å². The molecule has 8 heteroatoms. The second kappa shape index (κ2) is 11.9. The van der Waals surface area contributed by atoms with Gasteiger partial charge in [0.05, 0.1) is 33.1 Å². The Hall–Kier alpha value is -1.78. The number of nitrogens with one attached hydrogen (secondary N) is 1. The van der Waals surface area contributed by atoms with Gasteiger partial charge in [-0.25, -0.2) is 4.99 Å². The number of hydrogen-bond donors (Lipinski definition) is 1. The maximum Gasteiger partial charge on any atom is 0.194 e. The number of likely N-dealkylation sites (tertiary alicyclic amines) is 1. The topological polar surface area (TPSA) is 68.5 Å². The highest BCUT2D eigenvalue weighted by atomic mass is 127. The molecule has 1 atom stereocenters. The van der Waals surface area contributed by atoms with E-state index in [4.69, 9.17) is 23.6 Å². The van der Waals surface area contributed by atoms with Crippen molar-refractivity contribution >= 4 is 29.9 Å². The highest BCUT2D eigenvalue weighted by Gasteiger charge is 2.42. The van der Waals surface area contributed by atoms with Crippen LogP contribution in [0.2, 0.25) is 0 Å². The van der Waals surface area contributed by atoms with E-state index in [-0.39, 0.29) is 24.0 Å². The molecular weight excluding hydrogens is 521 g/mol. The van der Waals surface area contributed by atoms with Gasteiger partial charge in [-0.2, -0.15) is 0 Å². The number of furan rings is 1. The quantitative estimate of drug-likeness (QED) is 0.316. The van der Waals surface area contributed by atoms with Crippen LogP contribution in [0.4, 0.5) is 0 Å². The summed E-state index contributed by atoms with van der Waals surface area (Å²) in [5.41, 5.74) is 1.15. The molecule has 0 bridgehead atoms. The Morgan fingerprint density at radius 1 is 1.22 bits per heavy atom. The zero-order valence-electron chi connectivity index (χ0n) is 18.9. The van der Waals surface area contributed by atoms with Gasteiger partial charge < -0.3 is 28.8 Å². The average molecular weight is 555 g/mol. The van der Waals surface area contributed by atoms with E-state index in [2.05, 4.69) is 29.3 Å². The molecule has 7 nitrogen and oxygen atoms in total. The van der Waals surface area contributed by atoms with Crippen LogP contribution in [0, 0.1) is 5.92 Å². The smallest absolute Gasteiger partial charge is 0.194 e. The molecule has 3 heterocycles. The second-order valence-electron chi connectivity index (χ2n) is 8.24. The zero-order chi connectivity index (χ0) is 21.5. The number of guanidine groups is 1. The molecule has 0 radical (unpaired) electrons. The molecule has 0 spiro atoms. The Labute approximate surface area is 207 Å². The number of ether oxygens (including phenoxy) is 3. The minimum Gasteiger partial charge on any atom is -0.497 e. The number of methoxy groups -OCH3 is 1. The molecule has 2 aliphatic rings. The fourth-order valence-corrected chi connectivity index (χ4v) is 4.28. The summed E-state index contributed by atoms with van der Waals surface area (Å²) in [5, 5.41) is 3.55. The number of benzene rings is 1. The highest BCUT2D eigenvalue weighted by molar-refractivity contribution is 14.0. The lowest BCUT2D eigenvalue weighted by Crippen LogP contribution is -2.52. The Balaban J connectivity index is 0.00000289. The van der Waals surface area contributed by atoms with E-state index >= 15 is 0 Å². The van der Waals surface area contributed by atoms with E-state index in [1.165, 1.54) is 0 Å². The summed E-state index contributed by atoms with van der Waals surface area (Å²) in [5.74, 6) is 2.58. The van der Waals surface area contributed by atoms with Crippen LogP contribution in [0.25, 0.3) is 0 Å². The number of piperidine rings is 1. The molecule has 2 saturated heterocycles. The van der Waals surface area contributed by atoms with Gasteiger partial charge in [0.25, 0.3) is 0 Å². The minimum absolute atomic E-state index is 0. The van der Waals surface area contributed by atoms with Gasteiger partial charge in [0.15, 0.2) is 11.7 Å². The fraction of sp³-hybridized carbons (Fsp3) is 0.542. The summed E-state index contributed by atoms with van der Waals surface area (Å²) >= 11 is 0. The molecule has 32 heavy (non-hydrogen) atoms. The maximum atomic E-state index is 5.96. The molecule has 1 aromatic carbocycles. The molecule has 176 valence electrons. The van der Waals surface area contributed by atoms with Gasteiger partial charge in [-0.15, -0.1) is 24.0 Å². The van der Waals surface area contributed by atoms with E-state index in [9.17, 15) is 0 Å². The fourth-order valence-electron chi connectivity index (χ4n) is 4.28. The molecule has 2 fully saturated rings. The Morgan fingerprint density at radius 3 is 2.69 bits per heavy atom. The first-order valence-corrected chi connectivity index (χ1v) is 11.1. The van der Waals surface area contributed by atoms with Gasteiger partial charge in [0.2, 0.25) is 0 Å². The van der Waals surface area contributed by atoms with Crippen molar-refractivity contribution in [2.45, 2.75) is 38.5 Å². The van der Waals surface area contributed by atoms with E-state index < -0.39 is 5.79 Å². The van der Waals surface area contributed by atoms with E-state index in [1.54, 1.807) is 13.4 Å². The SMILES string of the molecule is COc1ccc(CN=C(NCCc2ccco2)N2CCCC(C3(C)OCCO3)C2)cc1.I. The second-order valence-corrected chi connectivity index (χ2v) is 8.24. The molecule has 4 rings (SSSR count). The first kappa shape index (κ1) is 24.9. The summed E-state index contributed by atoms with van der Waals surface area (Å²) < 4.78 is 22.6. The van der Waals surface area contributed by atoms with Crippen molar-refractivity contribution in [1.82, 2.24) is 10.2 Å². The van der Waals surface area contributed by atoms with Gasteiger partial charge in [-0.3, -0.25) is 0 Å². The predicted octanol–water partition coefficient (Wildman–Crippen LogP) is 4.07. The average Bonchev–Trinajstić information content (AvgIpc) is 3.49. The zero-order valence-corrected chi connectivity index (χ0v) is 21.2. The summed E-state index contributed by atoms with van der Waals surface area (Å²) in [6.07, 6.45) is 4.72. The van der Waals surface area contributed by atoms with Crippen LogP contribution in [0.1, 0.15) is 31.1 Å². The number of nitrogens with zero attached hydrogens (tertiary/aromatic N) is 2. The number of halogens is 1. The van der Waals surface area contributed by atoms with Crippen molar-refractivity contribution in [3.05, 3.63) is 54.0 Å². The minimum atomic E-state index is -0.492. The summed E-state index contributed by atoms with van der Waals surface area (Å²) in [7, 11) is 1.68. The number of rotatable bonds is 7. The summed E-state index contributed by atoms with van der Waals surface area (Å²) in [4.78, 5) is 7.30. The normalized spacial score (nSPS) is 20.6. The third-order valence-corrected chi connectivity index (χ3v) is 6.13. The third kappa shape index (κ3) is 6.39. The Bertz CT molecular complexity index is 835. The first-order chi connectivity index (χ1) is 15.2. The summed E-state index contributed by atoms with van der Waals surface area (Å²) in [6.45, 7) is 6.64. The molecular formula is C24H34IN3O4. The monoisotopic (exact) mass is 555 g/mol. The van der Waals surface area contributed by atoms with Crippen LogP contribution in [-0.2, 0) is 22.4 Å². The Kier molecular flexibility index (Phi) is 9.24. The van der Waals surface area contributed by atoms with Crippen molar-refractivity contribution in [2.24, 2.45) is 10.9 Å². The molecule has 0 aliphatic carbocycles. The molecule has 2 aromatic rings. The lowest BCUT2D eigenvalue weighted by Gasteiger charge is -2.41. The van der Waals surface area contributed by atoms with Crippen LogP contribution in [-0.4, -0.2) is 56.6 Å². The van der Waals surface area contributed by atoms with Crippen LogP contribution in [0.5, 0.6) is 5.75 Å². The molecule has 1 aromatic heterocycles. The van der Waals surface area contributed by atoms with Gasteiger partial charge in [0.1, 0.15) is 11.5 Å². The predicted molar refractivity (Wildman–Crippen MR) is 135 cm³/mol. The molecule has 0 amide bonds. The molecule has 1 N–H and O–H groups in total. The van der Waals surface area contributed by atoms with E-state index in [0.29, 0.717) is 25.7 Å². The third-order valence-electron chi connectivity index (χ3n) is 6.13. The van der Waals surface area contributed by atoms with Gasteiger partial charge >= 0.3 is 0 Å². The molecule has 0 saturated carbocycles. The van der Waals surface area contributed by atoms with Crippen molar-refractivity contribution in [3.8, 4) is 5.75 Å². The molecule has 1 unspecified atom stereocenters. The van der Waals surface area contributed by atoms with Crippen molar-refractivity contribution in [1.29, 1.82) is 0 Å². The number of aliphatic imine (C=N–C) groups is 1. The van der Waals surface area contributed by atoms with Crippen LogP contribution in [0.3, 0.4) is 0 Å². The van der Waals surface area contributed by atoms with Crippen molar-refractivity contribution in [2.75, 3.05) is 40.0 Å². The number of hydrogen-bond acceptors (Lipinski definition) is 5. The largest absolute Gasteiger partial charge is 0.497 e. The summed E-state index contributed by atoms with van der Waals surface area (Å²) in [6, 6.07) is 12.0. The molecule has 2 aliphatic heterocycles. The van der Waals surface area contributed by atoms with Crippen LogP contribution >= 0.6 is 24.0 Å². The van der Waals surface area contributed by atoms with E-state index in [0.717, 1.165) is 61.9 Å². The first-order valence-electron chi connectivity index (χ1n) is 11.1. The standard InChI is InChI=1S/C24H33N3O4.HI/c1-24(30-15-16-31-24)20-5-3-13-27(18-20)23(25-12-11-22-6-4-14-29-22)26-17-19-7-9-21(28-2)10-8-19;/h4,6-10,14,20H,3,5,11-13,15-18H2,1-2H3,(H,25,26);1H. The van der Waals surface area contributed by atoms with Crippen molar-refractivity contribution in [3.63, 3.8) is 0 Å². The lowest BCUT2D eigenvalue weighted by molar-refractivity contribution is -0.189. The Morgan fingerprint density at radius 2 is 2.00 bits per heavy atom. The highest BCUT2D eigenvalue weighted by Crippen LogP contribution is 2.34. The maximum absolute atomic E-state index is 5.96. The van der Waals surface area contributed by atoms with Gasteiger partial charge in [0, 0.05) is 32.0 Å². The lowest BCUT2D eigenvalue weighted by atomic mass is 9.90. The van der Waals surface area contributed by atoms with Crippen molar-refractivity contribution < 1.29 is 18.6 Å². The van der Waals surface area contributed by atoms with Gasteiger partial charge in [-0.1, -0.05) is 12.1 Å².